The molecule has 0 bridgehead atoms. The molecule has 0 saturated carbocycles. The lowest BCUT2D eigenvalue weighted by molar-refractivity contribution is -0.117. The first-order valence-electron chi connectivity index (χ1n) is 7.02. The predicted octanol–water partition coefficient (Wildman–Crippen LogP) is 2.02. The van der Waals surface area contributed by atoms with Crippen LogP contribution in [0.1, 0.15) is 40.0 Å². The Morgan fingerprint density at radius 3 is 2.18 bits per heavy atom. The van der Waals surface area contributed by atoms with Gasteiger partial charge in [0.25, 0.3) is 0 Å². The molecule has 100 valence electrons. The van der Waals surface area contributed by atoms with Crippen LogP contribution in [0.4, 0.5) is 0 Å². The molecule has 0 amide bonds. The maximum atomic E-state index is 10.8. The van der Waals surface area contributed by atoms with Crippen LogP contribution >= 0.6 is 0 Å². The summed E-state index contributed by atoms with van der Waals surface area (Å²) in [4.78, 5) is 15.9. The third kappa shape index (κ3) is 6.79. The molecule has 0 unspecified atom stereocenters. The van der Waals surface area contributed by atoms with Crippen LogP contribution in [0.5, 0.6) is 0 Å². The largest absolute Gasteiger partial charge is 0.301 e. The van der Waals surface area contributed by atoms with Gasteiger partial charge in [0.05, 0.1) is 0 Å². The summed E-state index contributed by atoms with van der Waals surface area (Å²) in [5.41, 5.74) is 0. The summed E-state index contributed by atoms with van der Waals surface area (Å²) in [6, 6.07) is 0. The lowest BCUT2D eigenvalue weighted by Gasteiger charge is -2.35. The summed E-state index contributed by atoms with van der Waals surface area (Å²) in [5.74, 6) is 1.10. The van der Waals surface area contributed by atoms with E-state index in [1.807, 2.05) is 0 Å². The number of rotatable bonds is 7. The van der Waals surface area contributed by atoms with Crippen LogP contribution in [-0.4, -0.2) is 54.9 Å². The first-order chi connectivity index (χ1) is 8.08. The summed E-state index contributed by atoms with van der Waals surface area (Å²) >= 11 is 0. The van der Waals surface area contributed by atoms with Crippen LogP contribution in [-0.2, 0) is 4.79 Å². The highest BCUT2D eigenvalue weighted by Crippen LogP contribution is 2.07. The molecule has 1 rings (SSSR count). The minimum atomic E-state index is 0.326. The Balaban J connectivity index is 2.04. The first kappa shape index (κ1) is 14.7. The molecular formula is C14H28N2O. The van der Waals surface area contributed by atoms with E-state index in [9.17, 15) is 4.79 Å². The molecule has 1 aliphatic rings. The fourth-order valence-corrected chi connectivity index (χ4v) is 2.42. The van der Waals surface area contributed by atoms with Gasteiger partial charge >= 0.3 is 0 Å². The average Bonchev–Trinajstić information content (AvgIpc) is 2.25. The lowest BCUT2D eigenvalue weighted by Crippen LogP contribution is -2.47. The second-order valence-electron chi connectivity index (χ2n) is 5.70. The Morgan fingerprint density at radius 1 is 1.06 bits per heavy atom. The van der Waals surface area contributed by atoms with Crippen molar-refractivity contribution in [1.82, 2.24) is 9.80 Å². The van der Waals surface area contributed by atoms with Crippen LogP contribution in [0.2, 0.25) is 0 Å². The summed E-state index contributed by atoms with van der Waals surface area (Å²) in [7, 11) is 0. The van der Waals surface area contributed by atoms with Crippen molar-refractivity contribution in [2.75, 3.05) is 39.3 Å². The van der Waals surface area contributed by atoms with Gasteiger partial charge in [-0.25, -0.2) is 0 Å². The monoisotopic (exact) mass is 240 g/mol. The number of hydrogen-bond donors (Lipinski definition) is 0. The van der Waals surface area contributed by atoms with Gasteiger partial charge in [-0.2, -0.15) is 0 Å². The maximum Gasteiger partial charge on any atom is 0.129 e. The van der Waals surface area contributed by atoms with E-state index in [0.29, 0.717) is 5.78 Å². The van der Waals surface area contributed by atoms with Crippen molar-refractivity contribution in [3.8, 4) is 0 Å². The highest BCUT2D eigenvalue weighted by Gasteiger charge is 2.16. The van der Waals surface area contributed by atoms with Crippen LogP contribution < -0.4 is 0 Å². The molecule has 1 aliphatic heterocycles. The number of nitrogens with zero attached hydrogens (tertiary/aromatic N) is 2. The molecule has 3 heteroatoms. The van der Waals surface area contributed by atoms with Gasteiger partial charge in [0, 0.05) is 39.1 Å². The van der Waals surface area contributed by atoms with Crippen LogP contribution in [0.15, 0.2) is 0 Å². The van der Waals surface area contributed by atoms with E-state index < -0.39 is 0 Å². The first-order valence-corrected chi connectivity index (χ1v) is 7.02. The molecule has 0 aromatic heterocycles. The highest BCUT2D eigenvalue weighted by atomic mass is 16.1. The molecule has 0 atom stereocenters. The number of Topliss-reactive ketones (excluding diaryl/α,β-unsaturated/α-hetero) is 1. The van der Waals surface area contributed by atoms with E-state index in [2.05, 4.69) is 23.6 Å². The van der Waals surface area contributed by atoms with Crippen molar-refractivity contribution in [2.24, 2.45) is 5.92 Å². The Hall–Kier alpha value is -0.410. The van der Waals surface area contributed by atoms with Gasteiger partial charge in [-0.05, 0) is 32.2 Å². The number of unbranched alkanes of at least 4 members (excludes halogenated alkanes) is 1. The number of ketones is 1. The third-order valence-corrected chi connectivity index (χ3v) is 3.34. The minimum Gasteiger partial charge on any atom is -0.301 e. The average molecular weight is 240 g/mol. The predicted molar refractivity (Wildman–Crippen MR) is 72.3 cm³/mol. The van der Waals surface area contributed by atoms with E-state index in [0.717, 1.165) is 18.8 Å². The molecule has 1 heterocycles. The van der Waals surface area contributed by atoms with Crippen molar-refractivity contribution < 1.29 is 4.79 Å². The van der Waals surface area contributed by atoms with Gasteiger partial charge in [-0.15, -0.1) is 0 Å². The zero-order chi connectivity index (χ0) is 12.7. The van der Waals surface area contributed by atoms with Gasteiger partial charge in [0.15, 0.2) is 0 Å². The van der Waals surface area contributed by atoms with E-state index in [1.165, 1.54) is 45.7 Å². The summed E-state index contributed by atoms with van der Waals surface area (Å²) in [6.45, 7) is 13.5. The maximum absolute atomic E-state index is 10.8. The second kappa shape index (κ2) is 7.83. The molecule has 3 nitrogen and oxygen atoms in total. The molecule has 0 radical (unpaired) electrons. The molecule has 1 fully saturated rings. The van der Waals surface area contributed by atoms with Gasteiger partial charge < -0.3 is 14.6 Å². The minimum absolute atomic E-state index is 0.326. The standard InChI is InChI=1S/C14H28N2O/c1-13(2)12-16-10-8-15(9-11-16)7-5-4-6-14(3)17/h13H,4-12H2,1-3H3. The highest BCUT2D eigenvalue weighted by molar-refractivity contribution is 5.75. The fraction of sp³-hybridized carbons (Fsp3) is 0.929. The molecule has 17 heavy (non-hydrogen) atoms. The van der Waals surface area contributed by atoms with Crippen molar-refractivity contribution >= 4 is 5.78 Å². The van der Waals surface area contributed by atoms with E-state index in [-0.39, 0.29) is 0 Å². The molecule has 0 aromatic carbocycles. The van der Waals surface area contributed by atoms with E-state index in [4.69, 9.17) is 0 Å². The normalized spacial score (nSPS) is 18.8. The fourth-order valence-electron chi connectivity index (χ4n) is 2.42. The van der Waals surface area contributed by atoms with Crippen molar-refractivity contribution in [3.63, 3.8) is 0 Å². The van der Waals surface area contributed by atoms with E-state index in [1.54, 1.807) is 6.92 Å². The number of hydrogen-bond acceptors (Lipinski definition) is 3. The third-order valence-electron chi connectivity index (χ3n) is 3.34. The molecule has 0 aromatic rings. The smallest absolute Gasteiger partial charge is 0.129 e. The summed E-state index contributed by atoms with van der Waals surface area (Å²) in [6.07, 6.45) is 2.98. The van der Waals surface area contributed by atoms with Crippen LogP contribution in [0.25, 0.3) is 0 Å². The zero-order valence-electron chi connectivity index (χ0n) is 11.7. The number of carbonyl (C=O) groups excluding carboxylic acids is 1. The van der Waals surface area contributed by atoms with Gasteiger partial charge in [-0.1, -0.05) is 13.8 Å². The van der Waals surface area contributed by atoms with Crippen LogP contribution in [0.3, 0.4) is 0 Å². The molecule has 1 saturated heterocycles. The molecule has 0 aliphatic carbocycles. The SMILES string of the molecule is CC(=O)CCCCN1CCN(CC(C)C)CC1. The second-order valence-corrected chi connectivity index (χ2v) is 5.70. The Bertz CT molecular complexity index is 220. The van der Waals surface area contributed by atoms with Crippen LogP contribution in [0, 0.1) is 5.92 Å². The molecular weight excluding hydrogens is 212 g/mol. The van der Waals surface area contributed by atoms with Crippen molar-refractivity contribution in [2.45, 2.75) is 40.0 Å². The quantitative estimate of drug-likeness (QED) is 0.636. The van der Waals surface area contributed by atoms with Gasteiger partial charge in [0.2, 0.25) is 0 Å². The lowest BCUT2D eigenvalue weighted by atomic mass is 10.1. The van der Waals surface area contributed by atoms with E-state index >= 15 is 0 Å². The Morgan fingerprint density at radius 2 is 1.65 bits per heavy atom. The Kier molecular flexibility index (Phi) is 6.75. The van der Waals surface area contributed by atoms with Crippen molar-refractivity contribution in [1.29, 1.82) is 0 Å². The molecule has 0 spiro atoms. The topological polar surface area (TPSA) is 23.6 Å². The van der Waals surface area contributed by atoms with Gasteiger partial charge in [-0.3, -0.25) is 0 Å². The van der Waals surface area contributed by atoms with Crippen molar-refractivity contribution in [3.05, 3.63) is 0 Å². The number of piperazine rings is 1. The number of carbonyl (C=O) groups is 1. The summed E-state index contributed by atoms with van der Waals surface area (Å²) in [5, 5.41) is 0. The zero-order valence-corrected chi connectivity index (χ0v) is 11.7. The van der Waals surface area contributed by atoms with Gasteiger partial charge in [0.1, 0.15) is 5.78 Å². The Labute approximate surface area is 106 Å². The molecule has 0 N–H and O–H groups in total. The summed E-state index contributed by atoms with van der Waals surface area (Å²) < 4.78 is 0.